The Bertz CT molecular complexity index is 914. The van der Waals surface area contributed by atoms with Gasteiger partial charge < -0.3 is 10.6 Å². The van der Waals surface area contributed by atoms with Crippen LogP contribution in [0.2, 0.25) is 0 Å². The van der Waals surface area contributed by atoms with Crippen LogP contribution < -0.4 is 10.6 Å². The van der Waals surface area contributed by atoms with Crippen LogP contribution >= 0.6 is 0 Å². The molecular formula is C21H19N3O3. The summed E-state index contributed by atoms with van der Waals surface area (Å²) in [5, 5.41) is 5.38. The van der Waals surface area contributed by atoms with Gasteiger partial charge in [-0.05, 0) is 18.2 Å². The van der Waals surface area contributed by atoms with Crippen LogP contribution in [-0.4, -0.2) is 35.7 Å². The van der Waals surface area contributed by atoms with Crippen LogP contribution in [0.3, 0.4) is 0 Å². The minimum Gasteiger partial charge on any atom is -0.349 e. The Morgan fingerprint density at radius 1 is 1.04 bits per heavy atom. The maximum atomic E-state index is 12.5. The molecule has 1 aliphatic rings. The largest absolute Gasteiger partial charge is 0.349 e. The monoisotopic (exact) mass is 361 g/mol. The van der Waals surface area contributed by atoms with Crippen LogP contribution in [-0.2, 0) is 4.79 Å². The maximum absolute atomic E-state index is 12.5. The molecule has 27 heavy (non-hydrogen) atoms. The molecule has 0 fully saturated rings. The van der Waals surface area contributed by atoms with E-state index in [1.165, 1.54) is 4.90 Å². The minimum absolute atomic E-state index is 0.186. The van der Waals surface area contributed by atoms with Crippen LogP contribution in [0.4, 0.5) is 5.69 Å². The number of nitrogens with zero attached hydrogens (tertiary/aromatic N) is 1. The Balaban J connectivity index is 1.73. The third kappa shape index (κ3) is 3.64. The lowest BCUT2D eigenvalue weighted by molar-refractivity contribution is -0.116. The molecule has 3 amide bonds. The predicted molar refractivity (Wildman–Crippen MR) is 104 cm³/mol. The molecule has 6 heteroatoms. The van der Waals surface area contributed by atoms with E-state index in [0.29, 0.717) is 29.1 Å². The van der Waals surface area contributed by atoms with Crippen LogP contribution in [0, 0.1) is 0 Å². The summed E-state index contributed by atoms with van der Waals surface area (Å²) >= 11 is 0. The Hall–Kier alpha value is -3.67. The fraction of sp³-hybridized carbons (Fsp3) is 0.0952. The van der Waals surface area contributed by atoms with Gasteiger partial charge in [0.05, 0.1) is 11.3 Å². The lowest BCUT2D eigenvalue weighted by Gasteiger charge is -2.17. The van der Waals surface area contributed by atoms with Crippen LogP contribution in [0.5, 0.6) is 0 Å². The Kier molecular flexibility index (Phi) is 5.17. The summed E-state index contributed by atoms with van der Waals surface area (Å²) < 4.78 is 0. The van der Waals surface area contributed by atoms with Gasteiger partial charge >= 0.3 is 0 Å². The first kappa shape index (κ1) is 18.1. The molecule has 0 aliphatic carbocycles. The average molecular weight is 361 g/mol. The second kappa shape index (κ2) is 7.70. The first-order valence-corrected chi connectivity index (χ1v) is 8.41. The molecule has 0 saturated heterocycles. The number of fused-ring (bicyclic) bond motifs is 1. The molecule has 3 rings (SSSR count). The highest BCUT2D eigenvalue weighted by Gasteiger charge is 2.32. The molecule has 0 atom stereocenters. The predicted octanol–water partition coefficient (Wildman–Crippen LogP) is 2.67. The summed E-state index contributed by atoms with van der Waals surface area (Å²) in [4.78, 5) is 38.6. The number of benzene rings is 2. The molecule has 2 N–H and O–H groups in total. The number of carbonyl (C=O) groups excluding carboxylic acids is 3. The molecular weight excluding hydrogens is 342 g/mol. The zero-order chi connectivity index (χ0) is 19.4. The third-order valence-electron chi connectivity index (χ3n) is 4.19. The van der Waals surface area contributed by atoms with Gasteiger partial charge in [-0.1, -0.05) is 43.0 Å². The van der Waals surface area contributed by atoms with Gasteiger partial charge in [0.2, 0.25) is 5.91 Å². The van der Waals surface area contributed by atoms with Gasteiger partial charge in [-0.15, -0.1) is 6.58 Å². The highest BCUT2D eigenvalue weighted by molar-refractivity contribution is 6.11. The van der Waals surface area contributed by atoms with E-state index in [2.05, 4.69) is 23.8 Å². The molecule has 0 saturated carbocycles. The first-order chi connectivity index (χ1) is 13.0. The number of hydrogen-bond acceptors (Lipinski definition) is 3. The summed E-state index contributed by atoms with van der Waals surface area (Å²) in [5.74, 6) is -0.996. The van der Waals surface area contributed by atoms with E-state index < -0.39 is 5.91 Å². The number of amides is 3. The Labute approximate surface area is 157 Å². The summed E-state index contributed by atoms with van der Waals surface area (Å²) in [5.41, 5.74) is 2.45. The van der Waals surface area contributed by atoms with Crippen molar-refractivity contribution in [1.82, 2.24) is 10.2 Å². The summed E-state index contributed by atoms with van der Waals surface area (Å²) in [6, 6.07) is 13.8. The average Bonchev–Trinajstić information content (AvgIpc) is 2.91. The molecule has 0 radical (unpaired) electrons. The van der Waals surface area contributed by atoms with Crippen LogP contribution in [0.25, 0.3) is 5.70 Å². The molecule has 1 heterocycles. The van der Waals surface area contributed by atoms with Gasteiger partial charge in [-0.2, -0.15) is 0 Å². The zero-order valence-corrected chi connectivity index (χ0v) is 14.7. The topological polar surface area (TPSA) is 78.5 Å². The molecule has 0 bridgehead atoms. The van der Waals surface area contributed by atoms with Gasteiger partial charge in [0.1, 0.15) is 6.54 Å². The van der Waals surface area contributed by atoms with Crippen LogP contribution in [0.1, 0.15) is 26.3 Å². The molecule has 2 aromatic rings. The van der Waals surface area contributed by atoms with Crippen molar-refractivity contribution in [2.45, 2.75) is 0 Å². The SMILES string of the molecule is C=CCNC(=O)c1ccccc1NC(=O)CN1C(=C)c2ccccc2C1=O. The maximum Gasteiger partial charge on any atom is 0.259 e. The van der Waals surface area contributed by atoms with E-state index in [-0.39, 0.29) is 18.4 Å². The summed E-state index contributed by atoms with van der Waals surface area (Å²) in [6.07, 6.45) is 1.57. The standard InChI is InChI=1S/C21H19N3O3/c1-3-12-22-20(26)17-10-6-7-11-18(17)23-19(25)13-24-14(2)15-8-4-5-9-16(15)21(24)27/h3-11H,1-2,12-13H2,(H,22,26)(H,23,25). The fourth-order valence-electron chi connectivity index (χ4n) is 2.89. The number of carbonyl (C=O) groups is 3. The van der Waals surface area contributed by atoms with Crippen molar-refractivity contribution >= 4 is 29.1 Å². The van der Waals surface area contributed by atoms with Crippen molar-refractivity contribution in [3.8, 4) is 0 Å². The molecule has 0 spiro atoms. The fourth-order valence-corrected chi connectivity index (χ4v) is 2.89. The van der Waals surface area contributed by atoms with Gasteiger partial charge in [0.15, 0.2) is 0 Å². The van der Waals surface area contributed by atoms with Crippen molar-refractivity contribution in [2.24, 2.45) is 0 Å². The second-order valence-corrected chi connectivity index (χ2v) is 5.98. The Morgan fingerprint density at radius 2 is 1.70 bits per heavy atom. The highest BCUT2D eigenvalue weighted by atomic mass is 16.2. The molecule has 0 aromatic heterocycles. The molecule has 0 unspecified atom stereocenters. The smallest absolute Gasteiger partial charge is 0.259 e. The number of para-hydroxylation sites is 1. The number of anilines is 1. The van der Waals surface area contributed by atoms with Crippen molar-refractivity contribution in [1.29, 1.82) is 0 Å². The zero-order valence-electron chi connectivity index (χ0n) is 14.7. The quantitative estimate of drug-likeness (QED) is 0.777. The molecule has 2 aromatic carbocycles. The van der Waals surface area contributed by atoms with Crippen molar-refractivity contribution < 1.29 is 14.4 Å². The second-order valence-electron chi connectivity index (χ2n) is 5.98. The summed E-state index contributed by atoms with van der Waals surface area (Å²) in [6.45, 7) is 7.61. The van der Waals surface area contributed by atoms with E-state index in [9.17, 15) is 14.4 Å². The minimum atomic E-state index is -0.415. The van der Waals surface area contributed by atoms with Crippen LogP contribution in [0.15, 0.2) is 67.8 Å². The number of rotatable bonds is 6. The van der Waals surface area contributed by atoms with Crippen molar-refractivity contribution in [3.63, 3.8) is 0 Å². The van der Waals surface area contributed by atoms with E-state index in [1.807, 2.05) is 6.07 Å². The van der Waals surface area contributed by atoms with E-state index in [0.717, 1.165) is 5.56 Å². The molecule has 1 aliphatic heterocycles. The first-order valence-electron chi connectivity index (χ1n) is 8.41. The summed E-state index contributed by atoms with van der Waals surface area (Å²) in [7, 11) is 0. The van der Waals surface area contributed by atoms with Gasteiger partial charge in [0, 0.05) is 23.4 Å². The lowest BCUT2D eigenvalue weighted by Crippen LogP contribution is -2.33. The molecule has 6 nitrogen and oxygen atoms in total. The molecule has 136 valence electrons. The van der Waals surface area contributed by atoms with Crippen molar-refractivity contribution in [2.75, 3.05) is 18.4 Å². The lowest BCUT2D eigenvalue weighted by atomic mass is 10.1. The van der Waals surface area contributed by atoms with E-state index in [1.54, 1.807) is 48.5 Å². The van der Waals surface area contributed by atoms with E-state index in [4.69, 9.17) is 0 Å². The highest BCUT2D eigenvalue weighted by Crippen LogP contribution is 2.30. The van der Waals surface area contributed by atoms with Gasteiger partial charge in [-0.25, -0.2) is 0 Å². The normalized spacial score (nSPS) is 12.5. The number of nitrogens with one attached hydrogen (secondary N) is 2. The van der Waals surface area contributed by atoms with E-state index >= 15 is 0 Å². The Morgan fingerprint density at radius 3 is 2.41 bits per heavy atom. The van der Waals surface area contributed by atoms with Gasteiger partial charge in [-0.3, -0.25) is 19.3 Å². The number of hydrogen-bond donors (Lipinski definition) is 2. The van der Waals surface area contributed by atoms with Crippen molar-refractivity contribution in [3.05, 3.63) is 84.5 Å². The third-order valence-corrected chi connectivity index (χ3v) is 4.19. The van der Waals surface area contributed by atoms with Gasteiger partial charge in [0.25, 0.3) is 11.8 Å².